The average Bonchev–Trinajstić information content (AvgIpc) is 3.31. The van der Waals surface area contributed by atoms with Crippen LogP contribution in [0.2, 0.25) is 0 Å². The smallest absolute Gasteiger partial charge is 0.191 e. The highest BCUT2D eigenvalue weighted by atomic mass is 19.1. The van der Waals surface area contributed by atoms with Gasteiger partial charge in [-0.15, -0.1) is 0 Å². The molecule has 1 heterocycles. The Morgan fingerprint density at radius 2 is 1.97 bits per heavy atom. The van der Waals surface area contributed by atoms with E-state index >= 15 is 0 Å². The second-order valence-corrected chi connectivity index (χ2v) is 7.30. The number of nitrogens with zero attached hydrogens (tertiary/aromatic N) is 3. The van der Waals surface area contributed by atoms with Crippen molar-refractivity contribution < 1.29 is 8.78 Å². The molecule has 1 aromatic heterocycles. The molecule has 0 aliphatic heterocycles. The third kappa shape index (κ3) is 4.13. The van der Waals surface area contributed by atoms with Crippen LogP contribution in [0.15, 0.2) is 66.2 Å². The summed E-state index contributed by atoms with van der Waals surface area (Å²) in [4.78, 5) is 8.17. The first-order valence-corrected chi connectivity index (χ1v) is 9.58. The van der Waals surface area contributed by atoms with Crippen molar-refractivity contribution in [2.24, 2.45) is 4.99 Å². The number of benzene rings is 2. The van der Waals surface area contributed by atoms with Crippen molar-refractivity contribution in [3.8, 4) is 5.69 Å². The molecule has 3 aromatic rings. The highest BCUT2D eigenvalue weighted by molar-refractivity contribution is 5.79. The van der Waals surface area contributed by atoms with E-state index in [0.717, 1.165) is 24.0 Å². The Labute approximate surface area is 168 Å². The molecule has 1 saturated carbocycles. The van der Waals surface area contributed by atoms with E-state index in [4.69, 9.17) is 0 Å². The predicted molar refractivity (Wildman–Crippen MR) is 109 cm³/mol. The van der Waals surface area contributed by atoms with E-state index in [1.807, 2.05) is 18.2 Å². The fourth-order valence-corrected chi connectivity index (χ4v) is 3.51. The zero-order valence-electron chi connectivity index (χ0n) is 16.2. The molecule has 1 fully saturated rings. The van der Waals surface area contributed by atoms with Crippen LogP contribution in [0.4, 0.5) is 8.78 Å². The highest BCUT2D eigenvalue weighted by Crippen LogP contribution is 2.48. The Balaban J connectivity index is 1.36. The number of rotatable bonds is 6. The molecule has 2 aromatic carbocycles. The number of imidazole rings is 1. The summed E-state index contributed by atoms with van der Waals surface area (Å²) in [5, 5.41) is 6.48. The van der Waals surface area contributed by atoms with Gasteiger partial charge in [-0.1, -0.05) is 24.3 Å². The maximum Gasteiger partial charge on any atom is 0.191 e. The van der Waals surface area contributed by atoms with Crippen LogP contribution in [-0.4, -0.2) is 29.1 Å². The average molecular weight is 395 g/mol. The third-order valence-electron chi connectivity index (χ3n) is 5.37. The van der Waals surface area contributed by atoms with Gasteiger partial charge in [-0.25, -0.2) is 13.8 Å². The first-order valence-electron chi connectivity index (χ1n) is 9.58. The molecule has 150 valence electrons. The maximum atomic E-state index is 14.4. The molecule has 29 heavy (non-hydrogen) atoms. The SMILES string of the molecule is CN=C(NCc1ccc(-n2ccnc2)c(F)c1)NCC1(c2ccccc2F)CC1. The van der Waals surface area contributed by atoms with Crippen LogP contribution in [-0.2, 0) is 12.0 Å². The first kappa shape index (κ1) is 19.1. The van der Waals surface area contributed by atoms with Gasteiger partial charge in [-0.3, -0.25) is 4.99 Å². The number of halogens is 2. The van der Waals surface area contributed by atoms with Crippen LogP contribution in [0.3, 0.4) is 0 Å². The van der Waals surface area contributed by atoms with Crippen LogP contribution in [0.5, 0.6) is 0 Å². The summed E-state index contributed by atoms with van der Waals surface area (Å²) in [6, 6.07) is 12.0. The van der Waals surface area contributed by atoms with E-state index in [1.54, 1.807) is 42.5 Å². The zero-order valence-corrected chi connectivity index (χ0v) is 16.2. The van der Waals surface area contributed by atoms with E-state index in [1.165, 1.54) is 12.1 Å². The summed E-state index contributed by atoms with van der Waals surface area (Å²) in [5.74, 6) is 0.122. The lowest BCUT2D eigenvalue weighted by Gasteiger charge is -2.19. The first-order chi connectivity index (χ1) is 14.1. The van der Waals surface area contributed by atoms with Gasteiger partial charge in [-0.05, 0) is 42.2 Å². The minimum absolute atomic E-state index is 0.164. The molecule has 0 spiro atoms. The minimum atomic E-state index is -0.318. The highest BCUT2D eigenvalue weighted by Gasteiger charge is 2.45. The summed E-state index contributed by atoms with van der Waals surface area (Å²) in [7, 11) is 1.68. The van der Waals surface area contributed by atoms with Gasteiger partial charge in [0.2, 0.25) is 0 Å². The fraction of sp³-hybridized carbons (Fsp3) is 0.273. The summed E-state index contributed by atoms with van der Waals surface area (Å²) >= 11 is 0. The number of aliphatic imine (C=N–C) groups is 1. The Morgan fingerprint density at radius 1 is 1.14 bits per heavy atom. The quantitative estimate of drug-likeness (QED) is 0.496. The standard InChI is InChI=1S/C22H23F2N5/c1-25-21(28-14-22(8-9-22)17-4-2-3-5-18(17)23)27-13-16-6-7-20(19(24)12-16)29-11-10-26-15-29/h2-7,10-12,15H,8-9,13-14H2,1H3,(H2,25,27,28). The predicted octanol–water partition coefficient (Wildman–Crippen LogP) is 3.55. The Kier molecular flexibility index (Phi) is 5.29. The normalized spacial score (nSPS) is 15.2. The number of guanidine groups is 1. The molecule has 1 aliphatic rings. The molecule has 4 rings (SSSR count). The second kappa shape index (κ2) is 8.03. The van der Waals surface area contributed by atoms with E-state index in [-0.39, 0.29) is 17.0 Å². The Hall–Kier alpha value is -3.22. The molecule has 7 heteroatoms. The summed E-state index contributed by atoms with van der Waals surface area (Å²) < 4.78 is 30.2. The van der Waals surface area contributed by atoms with Gasteiger partial charge >= 0.3 is 0 Å². The molecule has 2 N–H and O–H groups in total. The lowest BCUT2D eigenvalue weighted by Crippen LogP contribution is -2.41. The molecule has 0 amide bonds. The van der Waals surface area contributed by atoms with E-state index < -0.39 is 0 Å². The van der Waals surface area contributed by atoms with Crippen LogP contribution in [0.25, 0.3) is 5.69 Å². The van der Waals surface area contributed by atoms with Crippen LogP contribution in [0, 0.1) is 11.6 Å². The van der Waals surface area contributed by atoms with Gasteiger partial charge in [0.1, 0.15) is 11.6 Å². The largest absolute Gasteiger partial charge is 0.356 e. The molecule has 0 atom stereocenters. The molecule has 0 unspecified atom stereocenters. The fourth-order valence-electron chi connectivity index (χ4n) is 3.51. The van der Waals surface area contributed by atoms with Crippen molar-refractivity contribution in [2.45, 2.75) is 24.8 Å². The summed E-state index contributed by atoms with van der Waals surface area (Å²) in [5.41, 5.74) is 1.82. The van der Waals surface area contributed by atoms with Gasteiger partial charge in [-0.2, -0.15) is 0 Å². The van der Waals surface area contributed by atoms with Crippen LogP contribution < -0.4 is 10.6 Å². The number of hydrogen-bond donors (Lipinski definition) is 2. The van der Waals surface area contributed by atoms with Gasteiger partial charge in [0.25, 0.3) is 0 Å². The van der Waals surface area contributed by atoms with Crippen LogP contribution in [0.1, 0.15) is 24.0 Å². The Bertz CT molecular complexity index is 1010. The van der Waals surface area contributed by atoms with Crippen molar-refractivity contribution in [3.63, 3.8) is 0 Å². The lowest BCUT2D eigenvalue weighted by atomic mass is 9.95. The van der Waals surface area contributed by atoms with E-state index in [9.17, 15) is 8.78 Å². The zero-order chi connectivity index (χ0) is 20.3. The Morgan fingerprint density at radius 3 is 2.62 bits per heavy atom. The molecule has 0 bridgehead atoms. The summed E-state index contributed by atoms with van der Waals surface area (Å²) in [6.07, 6.45) is 6.76. The van der Waals surface area contributed by atoms with Crippen molar-refractivity contribution in [1.82, 2.24) is 20.2 Å². The van der Waals surface area contributed by atoms with Crippen molar-refractivity contribution in [2.75, 3.05) is 13.6 Å². The van der Waals surface area contributed by atoms with Gasteiger partial charge < -0.3 is 15.2 Å². The minimum Gasteiger partial charge on any atom is -0.356 e. The third-order valence-corrected chi connectivity index (χ3v) is 5.37. The second-order valence-electron chi connectivity index (χ2n) is 7.30. The summed E-state index contributed by atoms with van der Waals surface area (Å²) in [6.45, 7) is 1.02. The van der Waals surface area contributed by atoms with E-state index in [2.05, 4.69) is 20.6 Å². The molecule has 0 saturated heterocycles. The molecule has 5 nitrogen and oxygen atoms in total. The molecular formula is C22H23F2N5. The monoisotopic (exact) mass is 395 g/mol. The molecule has 0 radical (unpaired) electrons. The van der Waals surface area contributed by atoms with Gasteiger partial charge in [0, 0.05) is 37.9 Å². The van der Waals surface area contributed by atoms with E-state index in [0.29, 0.717) is 24.7 Å². The lowest BCUT2D eigenvalue weighted by molar-refractivity contribution is 0.559. The van der Waals surface area contributed by atoms with Crippen molar-refractivity contribution in [3.05, 3.63) is 83.9 Å². The number of aromatic nitrogens is 2. The molecular weight excluding hydrogens is 372 g/mol. The van der Waals surface area contributed by atoms with Gasteiger partial charge in [0.15, 0.2) is 5.96 Å². The number of hydrogen-bond acceptors (Lipinski definition) is 2. The topological polar surface area (TPSA) is 54.2 Å². The van der Waals surface area contributed by atoms with Gasteiger partial charge in [0.05, 0.1) is 12.0 Å². The number of nitrogens with one attached hydrogen (secondary N) is 2. The van der Waals surface area contributed by atoms with Crippen LogP contribution >= 0.6 is 0 Å². The molecule has 1 aliphatic carbocycles. The van der Waals surface area contributed by atoms with Crippen molar-refractivity contribution >= 4 is 5.96 Å². The maximum absolute atomic E-state index is 14.4. The van der Waals surface area contributed by atoms with Crippen molar-refractivity contribution in [1.29, 1.82) is 0 Å².